The molecule has 2 aromatic carbocycles. The molecule has 3 heteroatoms. The molecule has 0 N–H and O–H groups in total. The van der Waals surface area contributed by atoms with Gasteiger partial charge in [-0.2, -0.15) is 0 Å². The lowest BCUT2D eigenvalue weighted by Gasteiger charge is -2.18. The first kappa shape index (κ1) is 24.2. The van der Waals surface area contributed by atoms with Gasteiger partial charge in [-0.1, -0.05) is 108 Å². The molecule has 0 heterocycles. The summed E-state index contributed by atoms with van der Waals surface area (Å²) in [6.07, 6.45) is 17.2. The third kappa shape index (κ3) is 6.79. The highest BCUT2D eigenvalue weighted by molar-refractivity contribution is 6.28. The van der Waals surface area contributed by atoms with Crippen LogP contribution in [0.1, 0.15) is 122 Å². The maximum absolute atomic E-state index is 12.8. The Labute approximate surface area is 193 Å². The van der Waals surface area contributed by atoms with Crippen molar-refractivity contribution in [3.8, 4) is 5.75 Å². The Morgan fingerprint density at radius 3 is 1.59 bits per heavy atom. The molecule has 2 aromatic rings. The zero-order valence-corrected chi connectivity index (χ0v) is 19.7. The minimum absolute atomic E-state index is 0.0850. The van der Waals surface area contributed by atoms with E-state index in [4.69, 9.17) is 4.74 Å². The largest absolute Gasteiger partial charge is 0.494 e. The molecule has 0 radical (unpaired) electrons. The first-order valence-electron chi connectivity index (χ1n) is 12.7. The summed E-state index contributed by atoms with van der Waals surface area (Å²) >= 11 is 0. The van der Waals surface area contributed by atoms with Crippen LogP contribution in [-0.2, 0) is 0 Å². The fraction of sp³-hybridized carbons (Fsp3) is 0.517. The van der Waals surface area contributed by atoms with Crippen molar-refractivity contribution >= 4 is 11.6 Å². The average Bonchev–Trinajstić information content (AvgIpc) is 2.82. The number of hydrogen-bond donors (Lipinski definition) is 0. The first-order chi connectivity index (χ1) is 15.7. The molecule has 3 nitrogen and oxygen atoms in total. The number of ketones is 2. The van der Waals surface area contributed by atoms with Crippen molar-refractivity contribution in [3.05, 3.63) is 64.7 Å². The van der Waals surface area contributed by atoms with E-state index in [0.29, 0.717) is 34.6 Å². The second kappa shape index (κ2) is 13.2. The number of carbonyl (C=O) groups is 2. The van der Waals surface area contributed by atoms with Gasteiger partial charge in [0.25, 0.3) is 0 Å². The Morgan fingerprint density at radius 1 is 0.562 bits per heavy atom. The standard InChI is InChI=1S/C29H38O3/c1-2-3-4-5-6-7-8-9-10-11-12-13-16-21-32-23-19-20-26-27(22-23)29(31)25-18-15-14-17-24(25)28(26)30/h14-15,17-20,22H,2-13,16,21H2,1H3. The van der Waals surface area contributed by atoms with E-state index in [1.807, 2.05) is 0 Å². The molecular weight excluding hydrogens is 396 g/mol. The maximum atomic E-state index is 12.8. The van der Waals surface area contributed by atoms with Gasteiger partial charge in [-0.3, -0.25) is 9.59 Å². The normalized spacial score (nSPS) is 12.5. The van der Waals surface area contributed by atoms with Crippen molar-refractivity contribution < 1.29 is 14.3 Å². The van der Waals surface area contributed by atoms with Gasteiger partial charge in [0, 0.05) is 22.3 Å². The van der Waals surface area contributed by atoms with Gasteiger partial charge in [0.05, 0.1) is 6.61 Å². The number of rotatable bonds is 15. The zero-order chi connectivity index (χ0) is 22.6. The van der Waals surface area contributed by atoms with Crippen LogP contribution in [0.15, 0.2) is 42.5 Å². The van der Waals surface area contributed by atoms with Crippen LogP contribution in [0.4, 0.5) is 0 Å². The van der Waals surface area contributed by atoms with Crippen molar-refractivity contribution in [3.63, 3.8) is 0 Å². The molecule has 172 valence electrons. The van der Waals surface area contributed by atoms with Crippen LogP contribution in [0.5, 0.6) is 5.75 Å². The van der Waals surface area contributed by atoms with Crippen LogP contribution in [-0.4, -0.2) is 18.2 Å². The molecule has 0 amide bonds. The van der Waals surface area contributed by atoms with Gasteiger partial charge in [0.15, 0.2) is 11.6 Å². The molecule has 0 saturated heterocycles. The quantitative estimate of drug-likeness (QED) is 0.228. The van der Waals surface area contributed by atoms with Crippen LogP contribution < -0.4 is 4.74 Å². The summed E-state index contributed by atoms with van der Waals surface area (Å²) in [4.78, 5) is 25.5. The lowest BCUT2D eigenvalue weighted by molar-refractivity contribution is 0.0978. The minimum atomic E-state index is -0.0957. The van der Waals surface area contributed by atoms with E-state index in [-0.39, 0.29) is 11.6 Å². The average molecular weight is 435 g/mol. The van der Waals surface area contributed by atoms with E-state index < -0.39 is 0 Å². The molecule has 0 atom stereocenters. The van der Waals surface area contributed by atoms with Crippen molar-refractivity contribution in [2.75, 3.05) is 6.61 Å². The van der Waals surface area contributed by atoms with Gasteiger partial charge in [-0.25, -0.2) is 0 Å². The van der Waals surface area contributed by atoms with E-state index in [9.17, 15) is 9.59 Å². The fourth-order valence-electron chi connectivity index (χ4n) is 4.48. The Bertz CT molecular complexity index is 884. The van der Waals surface area contributed by atoms with Gasteiger partial charge < -0.3 is 4.74 Å². The molecule has 0 unspecified atom stereocenters. The highest BCUT2D eigenvalue weighted by Crippen LogP contribution is 2.29. The second-order valence-corrected chi connectivity index (χ2v) is 9.00. The molecule has 3 rings (SSSR count). The van der Waals surface area contributed by atoms with E-state index in [1.54, 1.807) is 42.5 Å². The number of benzene rings is 2. The number of unbranched alkanes of at least 4 members (excludes halogenated alkanes) is 12. The van der Waals surface area contributed by atoms with Crippen LogP contribution in [0, 0.1) is 0 Å². The SMILES string of the molecule is CCCCCCCCCCCCCCCOc1ccc2c(c1)C(=O)c1ccccc1C2=O. The molecule has 0 saturated carbocycles. The number of hydrogen-bond acceptors (Lipinski definition) is 3. The predicted molar refractivity (Wildman–Crippen MR) is 131 cm³/mol. The molecule has 32 heavy (non-hydrogen) atoms. The van der Waals surface area contributed by atoms with Crippen molar-refractivity contribution in [2.24, 2.45) is 0 Å². The molecule has 0 spiro atoms. The molecule has 0 aliphatic heterocycles. The fourth-order valence-corrected chi connectivity index (χ4v) is 4.48. The number of fused-ring (bicyclic) bond motifs is 2. The van der Waals surface area contributed by atoms with Crippen molar-refractivity contribution in [2.45, 2.75) is 90.4 Å². The van der Waals surface area contributed by atoms with E-state index in [1.165, 1.54) is 77.0 Å². The number of ether oxygens (including phenoxy) is 1. The molecule has 1 aliphatic rings. The summed E-state index contributed by atoms with van der Waals surface area (Å²) in [5, 5.41) is 0. The van der Waals surface area contributed by atoms with Crippen LogP contribution >= 0.6 is 0 Å². The van der Waals surface area contributed by atoms with Gasteiger partial charge in [0.2, 0.25) is 0 Å². The number of carbonyl (C=O) groups excluding carboxylic acids is 2. The minimum Gasteiger partial charge on any atom is -0.494 e. The zero-order valence-electron chi connectivity index (χ0n) is 19.7. The van der Waals surface area contributed by atoms with E-state index in [2.05, 4.69) is 6.92 Å². The smallest absolute Gasteiger partial charge is 0.194 e. The van der Waals surface area contributed by atoms with Gasteiger partial charge in [-0.15, -0.1) is 0 Å². The summed E-state index contributed by atoms with van der Waals surface area (Å²) in [5.41, 5.74) is 1.91. The topological polar surface area (TPSA) is 43.4 Å². The second-order valence-electron chi connectivity index (χ2n) is 9.00. The maximum Gasteiger partial charge on any atom is 0.194 e. The molecule has 0 aromatic heterocycles. The van der Waals surface area contributed by atoms with Crippen LogP contribution in [0.25, 0.3) is 0 Å². The van der Waals surface area contributed by atoms with Gasteiger partial charge >= 0.3 is 0 Å². The lowest BCUT2D eigenvalue weighted by Crippen LogP contribution is -2.20. The third-order valence-corrected chi connectivity index (χ3v) is 6.41. The Kier molecular flexibility index (Phi) is 9.99. The van der Waals surface area contributed by atoms with Crippen LogP contribution in [0.3, 0.4) is 0 Å². The van der Waals surface area contributed by atoms with Crippen LogP contribution in [0.2, 0.25) is 0 Å². The summed E-state index contributed by atoms with van der Waals surface area (Å²) in [6, 6.07) is 12.3. The summed E-state index contributed by atoms with van der Waals surface area (Å²) in [6.45, 7) is 2.92. The van der Waals surface area contributed by atoms with Crippen molar-refractivity contribution in [1.82, 2.24) is 0 Å². The third-order valence-electron chi connectivity index (χ3n) is 6.41. The lowest BCUT2D eigenvalue weighted by atomic mass is 9.84. The summed E-state index contributed by atoms with van der Waals surface area (Å²) in [5.74, 6) is 0.489. The molecule has 0 fully saturated rings. The summed E-state index contributed by atoms with van der Waals surface area (Å²) < 4.78 is 5.88. The predicted octanol–water partition coefficient (Wildman–Crippen LogP) is 7.93. The van der Waals surface area contributed by atoms with E-state index in [0.717, 1.165) is 6.42 Å². The Balaban J connectivity index is 1.29. The Morgan fingerprint density at radius 2 is 1.03 bits per heavy atom. The molecule has 0 bridgehead atoms. The van der Waals surface area contributed by atoms with E-state index >= 15 is 0 Å². The highest BCUT2D eigenvalue weighted by Gasteiger charge is 2.29. The molecule has 1 aliphatic carbocycles. The Hall–Kier alpha value is -2.42. The molecular formula is C29H38O3. The summed E-state index contributed by atoms with van der Waals surface area (Å²) in [7, 11) is 0. The van der Waals surface area contributed by atoms with Gasteiger partial charge in [0.1, 0.15) is 5.75 Å². The van der Waals surface area contributed by atoms with Crippen molar-refractivity contribution in [1.29, 1.82) is 0 Å². The van der Waals surface area contributed by atoms with Gasteiger partial charge in [-0.05, 0) is 24.6 Å². The highest BCUT2D eigenvalue weighted by atomic mass is 16.5. The first-order valence-corrected chi connectivity index (χ1v) is 12.7. The monoisotopic (exact) mass is 434 g/mol.